The maximum Gasteiger partial charge on any atom is 0.253 e. The van der Waals surface area contributed by atoms with E-state index < -0.39 is 0 Å². The Morgan fingerprint density at radius 2 is 1.48 bits per heavy atom. The summed E-state index contributed by atoms with van der Waals surface area (Å²) >= 11 is 0. The minimum absolute atomic E-state index is 0.470. The van der Waals surface area contributed by atoms with Crippen LogP contribution in [0.15, 0.2) is 48.7 Å². The summed E-state index contributed by atoms with van der Waals surface area (Å²) in [5.41, 5.74) is 2.39. The molecule has 0 aliphatic heterocycles. The summed E-state index contributed by atoms with van der Waals surface area (Å²) in [6, 6.07) is 13.2. The van der Waals surface area contributed by atoms with E-state index in [-0.39, 0.29) is 0 Å². The Kier molecular flexibility index (Phi) is 4.90. The van der Waals surface area contributed by atoms with E-state index >= 15 is 0 Å². The van der Waals surface area contributed by atoms with Crippen molar-refractivity contribution in [3.8, 4) is 45.6 Å². The Bertz CT molecular complexity index is 1150. The van der Waals surface area contributed by atoms with Crippen LogP contribution in [0.5, 0.6) is 23.0 Å². The van der Waals surface area contributed by atoms with E-state index in [0.29, 0.717) is 34.6 Å². The average molecular weight is 392 g/mol. The van der Waals surface area contributed by atoms with Crippen molar-refractivity contribution < 1.29 is 18.9 Å². The van der Waals surface area contributed by atoms with Crippen LogP contribution >= 0.6 is 0 Å². The van der Waals surface area contributed by atoms with E-state index in [4.69, 9.17) is 18.9 Å². The smallest absolute Gasteiger partial charge is 0.253 e. The quantitative estimate of drug-likeness (QED) is 0.497. The molecule has 2 aromatic heterocycles. The molecule has 2 aromatic carbocycles. The van der Waals surface area contributed by atoms with Gasteiger partial charge in [-0.15, -0.1) is 5.10 Å². The molecule has 2 heterocycles. The highest BCUT2D eigenvalue weighted by Crippen LogP contribution is 2.41. The zero-order valence-corrected chi connectivity index (χ0v) is 16.5. The minimum atomic E-state index is 0.470. The number of hydrogen-bond donors (Lipinski definition) is 0. The molecule has 0 bridgehead atoms. The lowest BCUT2D eigenvalue weighted by Crippen LogP contribution is -1.99. The summed E-state index contributed by atoms with van der Waals surface area (Å²) in [5, 5.41) is 4.67. The molecule has 0 spiro atoms. The van der Waals surface area contributed by atoms with Crippen molar-refractivity contribution in [2.45, 2.75) is 0 Å². The molecular formula is C21H20N4O4. The van der Waals surface area contributed by atoms with Crippen molar-refractivity contribution in [2.24, 2.45) is 0 Å². The Morgan fingerprint density at radius 3 is 2.14 bits per heavy atom. The lowest BCUT2D eigenvalue weighted by atomic mass is 10.1. The van der Waals surface area contributed by atoms with Gasteiger partial charge < -0.3 is 18.9 Å². The van der Waals surface area contributed by atoms with E-state index in [1.165, 1.54) is 0 Å². The van der Waals surface area contributed by atoms with Crippen molar-refractivity contribution in [2.75, 3.05) is 28.4 Å². The molecular weight excluding hydrogens is 372 g/mol. The molecule has 0 N–H and O–H groups in total. The van der Waals surface area contributed by atoms with Crippen LogP contribution in [-0.2, 0) is 0 Å². The average Bonchev–Trinajstić information content (AvgIpc) is 3.22. The minimum Gasteiger partial charge on any atom is -0.496 e. The van der Waals surface area contributed by atoms with Gasteiger partial charge in [-0.2, -0.15) is 9.50 Å². The van der Waals surface area contributed by atoms with Gasteiger partial charge in [0.1, 0.15) is 5.75 Å². The van der Waals surface area contributed by atoms with Crippen molar-refractivity contribution >= 4 is 5.78 Å². The summed E-state index contributed by atoms with van der Waals surface area (Å²) in [5.74, 6) is 3.32. The highest BCUT2D eigenvalue weighted by Gasteiger charge is 2.18. The monoisotopic (exact) mass is 392 g/mol. The fraction of sp³-hybridized carbons (Fsp3) is 0.190. The summed E-state index contributed by atoms with van der Waals surface area (Å²) in [6.07, 6.45) is 1.69. The van der Waals surface area contributed by atoms with E-state index in [9.17, 15) is 0 Å². The van der Waals surface area contributed by atoms with Crippen molar-refractivity contribution in [1.29, 1.82) is 0 Å². The fourth-order valence-electron chi connectivity index (χ4n) is 3.19. The predicted octanol–water partition coefficient (Wildman–Crippen LogP) is 3.49. The van der Waals surface area contributed by atoms with E-state index in [1.54, 1.807) is 39.2 Å². The SMILES string of the molecule is COc1ccccc1-c1nc2nccc(-c3cc(OC)c(OC)c(OC)c3)n2n1. The summed E-state index contributed by atoms with van der Waals surface area (Å²) in [7, 11) is 6.35. The molecule has 4 aromatic rings. The number of benzene rings is 2. The maximum atomic E-state index is 5.48. The van der Waals surface area contributed by atoms with Gasteiger partial charge in [0.25, 0.3) is 5.78 Å². The van der Waals surface area contributed by atoms with Crippen LogP contribution < -0.4 is 18.9 Å². The highest BCUT2D eigenvalue weighted by molar-refractivity contribution is 5.71. The summed E-state index contributed by atoms with van der Waals surface area (Å²) in [6.45, 7) is 0. The van der Waals surface area contributed by atoms with Gasteiger partial charge in [0.05, 0.1) is 39.7 Å². The molecule has 0 saturated heterocycles. The lowest BCUT2D eigenvalue weighted by Gasteiger charge is -2.14. The summed E-state index contributed by atoms with van der Waals surface area (Å²) in [4.78, 5) is 8.92. The third-order valence-electron chi connectivity index (χ3n) is 4.55. The molecule has 0 radical (unpaired) electrons. The molecule has 0 fully saturated rings. The van der Waals surface area contributed by atoms with Gasteiger partial charge in [0.15, 0.2) is 17.3 Å². The molecule has 0 amide bonds. The number of hydrogen-bond acceptors (Lipinski definition) is 7. The molecule has 4 rings (SSSR count). The first-order valence-electron chi connectivity index (χ1n) is 8.85. The standard InChI is InChI=1S/C21H20N4O4/c1-26-16-8-6-5-7-14(16)20-23-21-22-10-9-15(25(21)24-20)13-11-17(27-2)19(29-4)18(12-13)28-3/h5-12H,1-4H3. The van der Waals surface area contributed by atoms with Crippen LogP contribution in [0.4, 0.5) is 0 Å². The zero-order chi connectivity index (χ0) is 20.4. The second-order valence-electron chi connectivity index (χ2n) is 6.09. The number of para-hydroxylation sites is 1. The molecule has 0 unspecified atom stereocenters. The third kappa shape index (κ3) is 3.18. The van der Waals surface area contributed by atoms with Gasteiger partial charge in [-0.25, -0.2) is 4.98 Å². The molecule has 148 valence electrons. The van der Waals surface area contributed by atoms with Gasteiger partial charge in [0.2, 0.25) is 5.75 Å². The third-order valence-corrected chi connectivity index (χ3v) is 4.55. The van der Waals surface area contributed by atoms with Gasteiger partial charge >= 0.3 is 0 Å². The number of rotatable bonds is 6. The second-order valence-corrected chi connectivity index (χ2v) is 6.09. The Morgan fingerprint density at radius 1 is 0.793 bits per heavy atom. The van der Waals surface area contributed by atoms with Crippen LogP contribution in [0.1, 0.15) is 0 Å². The number of methoxy groups -OCH3 is 4. The number of ether oxygens (including phenoxy) is 4. The van der Waals surface area contributed by atoms with Crippen LogP contribution in [-0.4, -0.2) is 48.0 Å². The van der Waals surface area contributed by atoms with E-state index in [2.05, 4.69) is 15.1 Å². The Hall–Kier alpha value is -3.81. The molecule has 0 atom stereocenters. The van der Waals surface area contributed by atoms with Gasteiger partial charge in [-0.05, 0) is 30.3 Å². The maximum absolute atomic E-state index is 5.48. The fourth-order valence-corrected chi connectivity index (χ4v) is 3.19. The normalized spacial score (nSPS) is 10.8. The van der Waals surface area contributed by atoms with Gasteiger partial charge in [-0.1, -0.05) is 12.1 Å². The predicted molar refractivity (Wildman–Crippen MR) is 108 cm³/mol. The topological polar surface area (TPSA) is 80.0 Å². The second kappa shape index (κ2) is 7.67. The lowest BCUT2D eigenvalue weighted by molar-refractivity contribution is 0.324. The molecule has 0 aliphatic carbocycles. The van der Waals surface area contributed by atoms with Gasteiger partial charge in [-0.3, -0.25) is 0 Å². The number of fused-ring (bicyclic) bond motifs is 1. The molecule has 0 aliphatic rings. The van der Waals surface area contributed by atoms with Crippen molar-refractivity contribution in [1.82, 2.24) is 19.6 Å². The van der Waals surface area contributed by atoms with Crippen LogP contribution in [0, 0.1) is 0 Å². The molecule has 8 nitrogen and oxygen atoms in total. The first-order chi connectivity index (χ1) is 14.2. The van der Waals surface area contributed by atoms with Gasteiger partial charge in [0, 0.05) is 11.8 Å². The molecule has 8 heteroatoms. The first-order valence-corrected chi connectivity index (χ1v) is 8.85. The number of nitrogens with zero attached hydrogens (tertiary/aromatic N) is 4. The largest absolute Gasteiger partial charge is 0.496 e. The van der Waals surface area contributed by atoms with E-state index in [1.807, 2.05) is 42.5 Å². The molecule has 29 heavy (non-hydrogen) atoms. The zero-order valence-electron chi connectivity index (χ0n) is 16.5. The van der Waals surface area contributed by atoms with Crippen molar-refractivity contribution in [3.05, 3.63) is 48.7 Å². The van der Waals surface area contributed by atoms with Crippen LogP contribution in [0.2, 0.25) is 0 Å². The Labute approximate surface area is 167 Å². The molecule has 0 saturated carbocycles. The van der Waals surface area contributed by atoms with Crippen LogP contribution in [0.3, 0.4) is 0 Å². The number of aromatic nitrogens is 4. The van der Waals surface area contributed by atoms with Crippen molar-refractivity contribution in [3.63, 3.8) is 0 Å². The Balaban J connectivity index is 1.91. The first kappa shape index (κ1) is 18.5. The highest BCUT2D eigenvalue weighted by atomic mass is 16.5. The summed E-state index contributed by atoms with van der Waals surface area (Å²) < 4.78 is 23.5. The van der Waals surface area contributed by atoms with E-state index in [0.717, 1.165) is 16.8 Å². The van der Waals surface area contributed by atoms with Crippen LogP contribution in [0.25, 0.3) is 28.4 Å².